The van der Waals surface area contributed by atoms with Crippen molar-refractivity contribution in [1.82, 2.24) is 15.1 Å². The molecule has 0 aromatic rings. The normalized spacial score (nSPS) is 28.9. The third-order valence-electron chi connectivity index (χ3n) is 3.13. The van der Waals surface area contributed by atoms with Gasteiger partial charge in [0.05, 0.1) is 12.5 Å². The average molecular weight is 211 g/mol. The van der Waals surface area contributed by atoms with Crippen LogP contribution >= 0.6 is 0 Å². The molecular weight excluding hydrogens is 194 g/mol. The van der Waals surface area contributed by atoms with E-state index in [0.717, 1.165) is 26.2 Å². The fraction of sp³-hybridized carbons (Fsp3) is 0.800. The van der Waals surface area contributed by atoms with E-state index in [-0.39, 0.29) is 17.9 Å². The smallest absolute Gasteiger partial charge is 0.247 e. The standard InChI is InChI=1S/C10H17N3O2/c1-2-13-9(14)7-8(10(13)15)12-5-3-11-4-6-12/h8,11H,2-7H2,1H3. The van der Waals surface area contributed by atoms with Crippen LogP contribution in [0.1, 0.15) is 13.3 Å². The number of likely N-dealkylation sites (tertiary alicyclic amines) is 1. The minimum atomic E-state index is -0.195. The Morgan fingerprint density at radius 3 is 2.53 bits per heavy atom. The third-order valence-corrected chi connectivity index (χ3v) is 3.13. The lowest BCUT2D eigenvalue weighted by molar-refractivity contribution is -0.139. The molecule has 0 aromatic carbocycles. The van der Waals surface area contributed by atoms with Gasteiger partial charge < -0.3 is 5.32 Å². The average Bonchev–Trinajstić information content (AvgIpc) is 2.55. The Balaban J connectivity index is 2.04. The van der Waals surface area contributed by atoms with Gasteiger partial charge in [0.1, 0.15) is 0 Å². The number of piperazine rings is 1. The second-order valence-electron chi connectivity index (χ2n) is 3.98. The predicted molar refractivity (Wildman–Crippen MR) is 55.2 cm³/mol. The molecule has 84 valence electrons. The summed E-state index contributed by atoms with van der Waals surface area (Å²) in [7, 11) is 0. The molecule has 2 amide bonds. The number of nitrogens with one attached hydrogen (secondary N) is 1. The van der Waals surface area contributed by atoms with E-state index in [1.165, 1.54) is 4.90 Å². The molecule has 0 aliphatic carbocycles. The first-order chi connectivity index (χ1) is 7.24. The van der Waals surface area contributed by atoms with E-state index >= 15 is 0 Å². The Hall–Kier alpha value is -0.940. The number of amides is 2. The fourth-order valence-electron chi connectivity index (χ4n) is 2.28. The highest BCUT2D eigenvalue weighted by atomic mass is 16.2. The summed E-state index contributed by atoms with van der Waals surface area (Å²) in [5.74, 6) is -0.0320. The van der Waals surface area contributed by atoms with Crippen LogP contribution in [-0.4, -0.2) is 60.4 Å². The van der Waals surface area contributed by atoms with E-state index in [4.69, 9.17) is 0 Å². The van der Waals surface area contributed by atoms with E-state index in [2.05, 4.69) is 10.2 Å². The summed E-state index contributed by atoms with van der Waals surface area (Å²) in [4.78, 5) is 26.9. The van der Waals surface area contributed by atoms with Gasteiger partial charge in [0.25, 0.3) is 0 Å². The Morgan fingerprint density at radius 1 is 1.33 bits per heavy atom. The van der Waals surface area contributed by atoms with Gasteiger partial charge in [0.15, 0.2) is 0 Å². The molecule has 0 saturated carbocycles. The van der Waals surface area contributed by atoms with Gasteiger partial charge in [-0.3, -0.25) is 19.4 Å². The van der Waals surface area contributed by atoms with Crippen molar-refractivity contribution in [2.75, 3.05) is 32.7 Å². The molecule has 2 aliphatic heterocycles. The molecule has 5 nitrogen and oxygen atoms in total. The zero-order valence-electron chi connectivity index (χ0n) is 9.03. The highest BCUT2D eigenvalue weighted by molar-refractivity contribution is 6.05. The van der Waals surface area contributed by atoms with Crippen molar-refractivity contribution >= 4 is 11.8 Å². The van der Waals surface area contributed by atoms with Gasteiger partial charge in [0.2, 0.25) is 11.8 Å². The Labute approximate surface area is 89.4 Å². The lowest BCUT2D eigenvalue weighted by atomic mass is 10.2. The molecular formula is C10H17N3O2. The van der Waals surface area contributed by atoms with Crippen LogP contribution in [0.2, 0.25) is 0 Å². The number of carbonyl (C=O) groups is 2. The van der Waals surface area contributed by atoms with Gasteiger partial charge in [-0.1, -0.05) is 0 Å². The van der Waals surface area contributed by atoms with E-state index in [1.54, 1.807) is 0 Å². The van der Waals surface area contributed by atoms with E-state index in [9.17, 15) is 9.59 Å². The topological polar surface area (TPSA) is 52.7 Å². The summed E-state index contributed by atoms with van der Waals surface area (Å²) in [6, 6.07) is -0.195. The molecule has 0 spiro atoms. The van der Waals surface area contributed by atoms with E-state index in [0.29, 0.717) is 13.0 Å². The van der Waals surface area contributed by atoms with Crippen molar-refractivity contribution in [1.29, 1.82) is 0 Å². The van der Waals surface area contributed by atoms with Crippen molar-refractivity contribution in [2.45, 2.75) is 19.4 Å². The van der Waals surface area contributed by atoms with Gasteiger partial charge in [-0.25, -0.2) is 0 Å². The maximum absolute atomic E-state index is 11.9. The van der Waals surface area contributed by atoms with Crippen LogP contribution in [0.5, 0.6) is 0 Å². The quantitative estimate of drug-likeness (QED) is 0.598. The number of hydrogen-bond acceptors (Lipinski definition) is 4. The molecule has 2 heterocycles. The monoisotopic (exact) mass is 211 g/mol. The van der Waals surface area contributed by atoms with Crippen molar-refractivity contribution in [3.05, 3.63) is 0 Å². The first-order valence-corrected chi connectivity index (χ1v) is 5.53. The van der Waals surface area contributed by atoms with E-state index < -0.39 is 0 Å². The molecule has 2 rings (SSSR count). The minimum absolute atomic E-state index is 0.00981. The fourth-order valence-corrected chi connectivity index (χ4v) is 2.28. The number of hydrogen-bond donors (Lipinski definition) is 1. The molecule has 15 heavy (non-hydrogen) atoms. The Kier molecular flexibility index (Phi) is 3.02. The Bertz CT molecular complexity index is 274. The molecule has 0 bridgehead atoms. The highest BCUT2D eigenvalue weighted by Crippen LogP contribution is 2.18. The second-order valence-corrected chi connectivity index (χ2v) is 3.98. The van der Waals surface area contributed by atoms with Gasteiger partial charge in [-0.15, -0.1) is 0 Å². The van der Waals surface area contributed by atoms with Crippen LogP contribution in [0.4, 0.5) is 0 Å². The molecule has 2 aliphatic rings. The van der Waals surface area contributed by atoms with Crippen LogP contribution < -0.4 is 5.32 Å². The zero-order chi connectivity index (χ0) is 10.8. The number of likely N-dealkylation sites (N-methyl/N-ethyl adjacent to an activating group) is 1. The first-order valence-electron chi connectivity index (χ1n) is 5.53. The van der Waals surface area contributed by atoms with Crippen molar-refractivity contribution in [3.63, 3.8) is 0 Å². The maximum atomic E-state index is 11.9. The summed E-state index contributed by atoms with van der Waals surface area (Å²) >= 11 is 0. The number of nitrogens with zero attached hydrogens (tertiary/aromatic N) is 2. The molecule has 0 radical (unpaired) electrons. The van der Waals surface area contributed by atoms with Gasteiger partial charge in [-0.05, 0) is 6.92 Å². The summed E-state index contributed by atoms with van der Waals surface area (Å²) in [5.41, 5.74) is 0. The zero-order valence-corrected chi connectivity index (χ0v) is 9.03. The number of imide groups is 1. The SMILES string of the molecule is CCN1C(=O)CC(N2CCNCC2)C1=O. The van der Waals surface area contributed by atoms with Crippen LogP contribution in [-0.2, 0) is 9.59 Å². The van der Waals surface area contributed by atoms with Gasteiger partial charge in [-0.2, -0.15) is 0 Å². The molecule has 1 N–H and O–H groups in total. The van der Waals surface area contributed by atoms with Crippen molar-refractivity contribution in [2.24, 2.45) is 0 Å². The lowest BCUT2D eigenvalue weighted by Gasteiger charge is -2.30. The molecule has 1 unspecified atom stereocenters. The van der Waals surface area contributed by atoms with Crippen molar-refractivity contribution in [3.8, 4) is 0 Å². The van der Waals surface area contributed by atoms with Crippen LogP contribution in [0, 0.1) is 0 Å². The number of carbonyl (C=O) groups excluding carboxylic acids is 2. The second kappa shape index (κ2) is 4.28. The molecule has 2 fully saturated rings. The molecule has 5 heteroatoms. The van der Waals surface area contributed by atoms with E-state index in [1.807, 2.05) is 6.92 Å². The first kappa shape index (κ1) is 10.6. The molecule has 1 atom stereocenters. The van der Waals surface area contributed by atoms with Crippen LogP contribution in [0.25, 0.3) is 0 Å². The number of rotatable bonds is 2. The van der Waals surface area contributed by atoms with Crippen LogP contribution in [0.3, 0.4) is 0 Å². The molecule has 2 saturated heterocycles. The van der Waals surface area contributed by atoms with Gasteiger partial charge >= 0.3 is 0 Å². The van der Waals surface area contributed by atoms with Gasteiger partial charge in [0, 0.05) is 32.7 Å². The summed E-state index contributed by atoms with van der Waals surface area (Å²) in [6.45, 7) is 5.88. The minimum Gasteiger partial charge on any atom is -0.314 e. The largest absolute Gasteiger partial charge is 0.314 e. The summed E-state index contributed by atoms with van der Waals surface area (Å²) < 4.78 is 0. The summed E-state index contributed by atoms with van der Waals surface area (Å²) in [5, 5.41) is 3.24. The predicted octanol–water partition coefficient (Wildman–Crippen LogP) is -0.961. The summed E-state index contributed by atoms with van der Waals surface area (Å²) in [6.07, 6.45) is 0.368. The highest BCUT2D eigenvalue weighted by Gasteiger charge is 2.40. The van der Waals surface area contributed by atoms with Crippen LogP contribution in [0.15, 0.2) is 0 Å². The third kappa shape index (κ3) is 1.89. The Morgan fingerprint density at radius 2 is 2.00 bits per heavy atom. The molecule has 0 aromatic heterocycles. The lowest BCUT2D eigenvalue weighted by Crippen LogP contribution is -2.51. The maximum Gasteiger partial charge on any atom is 0.247 e. The van der Waals surface area contributed by atoms with Crippen molar-refractivity contribution < 1.29 is 9.59 Å².